The van der Waals surface area contributed by atoms with E-state index < -0.39 is 5.41 Å². The maximum Gasteiger partial charge on any atom is 0.231 e. The lowest BCUT2D eigenvalue weighted by Crippen LogP contribution is -2.71. The minimum absolute atomic E-state index is 0.0238. The van der Waals surface area contributed by atoms with Gasteiger partial charge in [0.25, 0.3) is 0 Å². The highest BCUT2D eigenvalue weighted by Crippen LogP contribution is 2.64. The Morgan fingerprint density at radius 2 is 1.80 bits per heavy atom. The van der Waals surface area contributed by atoms with Crippen molar-refractivity contribution in [3.63, 3.8) is 0 Å². The Morgan fingerprint density at radius 1 is 1.10 bits per heavy atom. The number of likely N-dealkylation sites (tertiary alicyclic amines) is 1. The number of benzene rings is 1. The summed E-state index contributed by atoms with van der Waals surface area (Å²) in [7, 11) is 0. The van der Waals surface area contributed by atoms with Crippen LogP contribution in [0.1, 0.15) is 57.6 Å². The Balaban J connectivity index is 1.42. The molecule has 4 aliphatic carbocycles. The van der Waals surface area contributed by atoms with Crippen molar-refractivity contribution in [2.45, 2.75) is 58.0 Å². The second-order valence-electron chi connectivity index (χ2n) is 10.9. The predicted molar refractivity (Wildman–Crippen MR) is 114 cm³/mol. The average molecular weight is 404 g/mol. The molecule has 1 saturated heterocycles. The van der Waals surface area contributed by atoms with Crippen LogP contribution in [0.5, 0.6) is 0 Å². The molecule has 2 aromatic rings. The summed E-state index contributed by atoms with van der Waals surface area (Å²) >= 11 is 0. The second kappa shape index (κ2) is 5.83. The Morgan fingerprint density at radius 3 is 2.50 bits per heavy atom. The van der Waals surface area contributed by atoms with E-state index in [9.17, 15) is 9.59 Å². The zero-order valence-corrected chi connectivity index (χ0v) is 17.7. The Bertz CT molecular complexity index is 1060. The van der Waals surface area contributed by atoms with E-state index in [0.29, 0.717) is 17.8 Å². The molecule has 156 valence electrons. The molecule has 5 heteroatoms. The van der Waals surface area contributed by atoms with Crippen LogP contribution in [0.4, 0.5) is 0 Å². The second-order valence-corrected chi connectivity index (χ2v) is 10.9. The summed E-state index contributed by atoms with van der Waals surface area (Å²) in [6, 6.07) is 10.6. The molecular formula is C25H29N3O2. The van der Waals surface area contributed by atoms with Gasteiger partial charge in [-0.2, -0.15) is 0 Å². The summed E-state index contributed by atoms with van der Waals surface area (Å²) in [6.07, 6.45) is 6.75. The molecule has 2 heterocycles. The molecule has 2 amide bonds. The molecule has 1 aromatic heterocycles. The molecule has 0 radical (unpaired) electrons. The maximum absolute atomic E-state index is 13.5. The molecule has 4 bridgehead atoms. The molecule has 7 rings (SSSR count). The lowest BCUT2D eigenvalue weighted by molar-refractivity contribution is -0.198. The molecule has 3 atom stereocenters. The summed E-state index contributed by atoms with van der Waals surface area (Å²) in [5.41, 5.74) is 7.26. The fourth-order valence-corrected chi connectivity index (χ4v) is 7.80. The topological polar surface area (TPSA) is 76.3 Å². The number of carbonyl (C=O) groups excluding carboxylic acids is 2. The minimum atomic E-state index is -0.443. The normalized spacial score (nSPS) is 38.7. The molecule has 2 N–H and O–H groups in total. The van der Waals surface area contributed by atoms with Gasteiger partial charge in [0, 0.05) is 28.6 Å². The fourth-order valence-electron chi connectivity index (χ4n) is 7.80. The molecule has 0 spiro atoms. The number of para-hydroxylation sites is 1. The lowest BCUT2D eigenvalue weighted by atomic mass is 9.46. The van der Waals surface area contributed by atoms with Gasteiger partial charge in [0.15, 0.2) is 0 Å². The van der Waals surface area contributed by atoms with Crippen molar-refractivity contribution in [2.75, 3.05) is 0 Å². The number of amides is 2. The zero-order valence-electron chi connectivity index (χ0n) is 17.7. The van der Waals surface area contributed by atoms with Gasteiger partial charge in [-0.1, -0.05) is 24.3 Å². The van der Waals surface area contributed by atoms with Gasteiger partial charge < -0.3 is 10.6 Å². The number of β-lactam (4-membered cyclic amide) rings is 1. The van der Waals surface area contributed by atoms with Crippen LogP contribution in [0.2, 0.25) is 0 Å². The summed E-state index contributed by atoms with van der Waals surface area (Å²) in [4.78, 5) is 32.7. The Labute approximate surface area is 177 Å². The van der Waals surface area contributed by atoms with Crippen LogP contribution in [0.25, 0.3) is 10.9 Å². The quantitative estimate of drug-likeness (QED) is 0.792. The first kappa shape index (κ1) is 18.3. The number of rotatable bonds is 3. The molecule has 5 nitrogen and oxygen atoms in total. The maximum atomic E-state index is 13.5. The summed E-state index contributed by atoms with van der Waals surface area (Å²) < 4.78 is 0. The van der Waals surface area contributed by atoms with E-state index >= 15 is 0 Å². The highest BCUT2D eigenvalue weighted by Gasteiger charge is 2.65. The molecule has 5 aliphatic rings. The number of pyridine rings is 1. The van der Waals surface area contributed by atoms with Crippen LogP contribution in [0.3, 0.4) is 0 Å². The first-order chi connectivity index (χ1) is 14.3. The Hall–Kier alpha value is -2.43. The number of hydrogen-bond acceptors (Lipinski definition) is 3. The lowest BCUT2D eigenvalue weighted by Gasteiger charge is -2.66. The van der Waals surface area contributed by atoms with Crippen molar-refractivity contribution in [2.24, 2.45) is 34.3 Å². The smallest absolute Gasteiger partial charge is 0.231 e. The van der Waals surface area contributed by atoms with Gasteiger partial charge >= 0.3 is 0 Å². The highest BCUT2D eigenvalue weighted by molar-refractivity contribution is 5.93. The van der Waals surface area contributed by atoms with Gasteiger partial charge in [0.05, 0.1) is 17.0 Å². The van der Waals surface area contributed by atoms with Gasteiger partial charge in [-0.05, 0) is 69.8 Å². The van der Waals surface area contributed by atoms with E-state index in [1.807, 2.05) is 12.3 Å². The predicted octanol–water partition coefficient (Wildman–Crippen LogP) is 3.82. The number of nitrogens with zero attached hydrogens (tertiary/aromatic N) is 2. The van der Waals surface area contributed by atoms with E-state index in [4.69, 9.17) is 5.73 Å². The number of primary amides is 1. The molecular weight excluding hydrogens is 374 g/mol. The number of hydrogen-bond donors (Lipinski definition) is 1. The van der Waals surface area contributed by atoms with Gasteiger partial charge in [0.1, 0.15) is 0 Å². The van der Waals surface area contributed by atoms with Crippen LogP contribution in [-0.4, -0.2) is 27.7 Å². The van der Waals surface area contributed by atoms with Gasteiger partial charge in [-0.25, -0.2) is 0 Å². The van der Waals surface area contributed by atoms with Crippen molar-refractivity contribution in [1.29, 1.82) is 0 Å². The number of aromatic nitrogens is 1. The summed E-state index contributed by atoms with van der Waals surface area (Å²) in [5.74, 6) is 1.48. The average Bonchev–Trinajstić information content (AvgIpc) is 2.71. The number of fused-ring (bicyclic) bond motifs is 1. The third-order valence-corrected chi connectivity index (χ3v) is 8.77. The Kier molecular flexibility index (Phi) is 3.57. The molecule has 4 saturated carbocycles. The third kappa shape index (κ3) is 2.21. The van der Waals surface area contributed by atoms with E-state index in [1.165, 1.54) is 0 Å². The molecule has 1 aromatic carbocycles. The van der Waals surface area contributed by atoms with Crippen LogP contribution in [0.15, 0.2) is 36.5 Å². The van der Waals surface area contributed by atoms with Gasteiger partial charge in [-0.3, -0.25) is 14.6 Å². The SMILES string of the molecule is CC1(C)C(=O)N([C@H]2C3CC4CC2C[C@](C(N)=O)(C4)C3)C1c1cccc2cccnc12. The van der Waals surface area contributed by atoms with Crippen molar-refractivity contribution in [3.05, 3.63) is 42.1 Å². The van der Waals surface area contributed by atoms with E-state index in [2.05, 4.69) is 48.0 Å². The van der Waals surface area contributed by atoms with Crippen molar-refractivity contribution < 1.29 is 9.59 Å². The van der Waals surface area contributed by atoms with Crippen LogP contribution in [0, 0.1) is 28.6 Å². The van der Waals surface area contributed by atoms with Crippen LogP contribution >= 0.6 is 0 Å². The van der Waals surface area contributed by atoms with Gasteiger partial charge in [-0.15, -0.1) is 0 Å². The minimum Gasteiger partial charge on any atom is -0.369 e. The van der Waals surface area contributed by atoms with Crippen molar-refractivity contribution >= 4 is 22.7 Å². The fraction of sp³-hybridized carbons (Fsp3) is 0.560. The zero-order chi connectivity index (χ0) is 20.8. The van der Waals surface area contributed by atoms with E-state index in [-0.39, 0.29) is 29.3 Å². The largest absolute Gasteiger partial charge is 0.369 e. The van der Waals surface area contributed by atoms with Crippen LogP contribution < -0.4 is 5.73 Å². The van der Waals surface area contributed by atoms with Crippen LogP contribution in [-0.2, 0) is 9.59 Å². The van der Waals surface area contributed by atoms with Crippen molar-refractivity contribution in [1.82, 2.24) is 9.88 Å². The summed E-state index contributed by atoms with van der Waals surface area (Å²) in [6.45, 7) is 4.14. The first-order valence-electron chi connectivity index (χ1n) is 11.3. The molecule has 3 unspecified atom stereocenters. The van der Waals surface area contributed by atoms with E-state index in [0.717, 1.165) is 48.6 Å². The van der Waals surface area contributed by atoms with E-state index in [1.54, 1.807) is 0 Å². The molecule has 1 aliphatic heterocycles. The molecule has 5 fully saturated rings. The molecule has 30 heavy (non-hydrogen) atoms. The highest BCUT2D eigenvalue weighted by atomic mass is 16.2. The van der Waals surface area contributed by atoms with Crippen molar-refractivity contribution in [3.8, 4) is 0 Å². The monoisotopic (exact) mass is 403 g/mol. The van der Waals surface area contributed by atoms with Gasteiger partial charge in [0.2, 0.25) is 11.8 Å². The number of nitrogens with two attached hydrogens (primary N) is 1. The third-order valence-electron chi connectivity index (χ3n) is 8.77. The first-order valence-corrected chi connectivity index (χ1v) is 11.3. The number of carbonyl (C=O) groups is 2. The standard InChI is InChI=1S/C25H29N3O2/c1-24(2)21(18-7-3-5-15-6-4-8-27-19(15)18)28(23(24)30)20-16-9-14-10-17(20)13-25(11-14,12-16)22(26)29/h3-8,14,16-17,20-21H,9-13H2,1-2H3,(H2,26,29)/t14?,16?,17?,20-,21?,25-. The summed E-state index contributed by atoms with van der Waals surface area (Å²) in [5, 5.41) is 1.11.